The minimum atomic E-state index is 0.733. The Morgan fingerprint density at radius 1 is 0.500 bits per heavy atom. The quantitative estimate of drug-likeness (QED) is 0.413. The van der Waals surface area contributed by atoms with Gasteiger partial charge in [0.15, 0.2) is 0 Å². The van der Waals surface area contributed by atoms with E-state index in [-0.39, 0.29) is 0 Å². The maximum Gasteiger partial charge on any atom is 0.135 e. The average Bonchev–Trinajstić information content (AvgIpc) is 2.81. The minimum Gasteiger partial charge on any atom is -0.495 e. The van der Waals surface area contributed by atoms with E-state index in [1.165, 1.54) is 0 Å². The van der Waals surface area contributed by atoms with Crippen LogP contribution in [0.4, 0.5) is 0 Å². The first-order valence-electron chi connectivity index (χ1n) is 9.61. The van der Waals surface area contributed by atoms with Crippen molar-refractivity contribution in [2.75, 3.05) is 14.2 Å². The molecule has 2 heteroatoms. The number of fused-ring (bicyclic) bond motifs is 1. The van der Waals surface area contributed by atoms with Crippen LogP contribution in [0, 0.1) is 23.7 Å². The smallest absolute Gasteiger partial charge is 0.135 e. The van der Waals surface area contributed by atoms with E-state index >= 15 is 0 Å². The third kappa shape index (κ3) is 4.30. The van der Waals surface area contributed by atoms with Crippen LogP contribution in [0.25, 0.3) is 10.8 Å². The van der Waals surface area contributed by atoms with Crippen molar-refractivity contribution in [2.45, 2.75) is 0 Å². The van der Waals surface area contributed by atoms with E-state index in [9.17, 15) is 0 Å². The number of hydrogen-bond donors (Lipinski definition) is 0. The van der Waals surface area contributed by atoms with E-state index in [0.717, 1.165) is 44.5 Å². The maximum atomic E-state index is 5.58. The van der Waals surface area contributed by atoms with Crippen LogP contribution in [0.1, 0.15) is 22.3 Å². The van der Waals surface area contributed by atoms with Crippen LogP contribution >= 0.6 is 0 Å². The van der Waals surface area contributed by atoms with Gasteiger partial charge in [-0.2, -0.15) is 0 Å². The predicted molar refractivity (Wildman–Crippen MR) is 122 cm³/mol. The third-order valence-electron chi connectivity index (χ3n) is 4.71. The molecule has 0 saturated carbocycles. The van der Waals surface area contributed by atoms with Crippen molar-refractivity contribution in [2.24, 2.45) is 0 Å². The van der Waals surface area contributed by atoms with Crippen molar-refractivity contribution in [3.8, 4) is 35.2 Å². The first-order valence-corrected chi connectivity index (χ1v) is 9.61. The number of methoxy groups -OCH3 is 2. The van der Waals surface area contributed by atoms with Crippen LogP contribution in [0.3, 0.4) is 0 Å². The van der Waals surface area contributed by atoms with Crippen molar-refractivity contribution in [1.29, 1.82) is 0 Å². The molecule has 4 aromatic carbocycles. The molecule has 0 N–H and O–H groups in total. The number of benzene rings is 4. The molecule has 0 radical (unpaired) electrons. The minimum absolute atomic E-state index is 0.733. The topological polar surface area (TPSA) is 18.5 Å². The van der Waals surface area contributed by atoms with Gasteiger partial charge in [-0.15, -0.1) is 0 Å². The van der Waals surface area contributed by atoms with Gasteiger partial charge in [-0.05, 0) is 59.3 Å². The van der Waals surface area contributed by atoms with Crippen LogP contribution < -0.4 is 9.47 Å². The van der Waals surface area contributed by atoms with E-state index in [2.05, 4.69) is 23.7 Å². The molecule has 2 nitrogen and oxygen atoms in total. The zero-order chi connectivity index (χ0) is 20.8. The summed E-state index contributed by atoms with van der Waals surface area (Å²) in [6.07, 6.45) is 0. The molecule has 0 aliphatic heterocycles. The summed E-state index contributed by atoms with van der Waals surface area (Å²) in [4.78, 5) is 0. The fourth-order valence-electron chi connectivity index (χ4n) is 3.16. The van der Waals surface area contributed by atoms with E-state index in [1.54, 1.807) is 14.2 Å². The Hall–Kier alpha value is -4.14. The van der Waals surface area contributed by atoms with E-state index in [0.29, 0.717) is 0 Å². The molecule has 0 atom stereocenters. The molecule has 0 aliphatic rings. The number of ether oxygens (including phenoxy) is 2. The van der Waals surface area contributed by atoms with Gasteiger partial charge in [-0.1, -0.05) is 60.1 Å². The molecule has 0 saturated heterocycles. The summed E-state index contributed by atoms with van der Waals surface area (Å²) in [5.74, 6) is 14.3. The number of hydrogen-bond acceptors (Lipinski definition) is 2. The Kier molecular flexibility index (Phi) is 5.70. The first-order chi connectivity index (χ1) is 14.8. The lowest BCUT2D eigenvalue weighted by atomic mass is 10.0. The highest BCUT2D eigenvalue weighted by molar-refractivity contribution is 5.89. The second-order valence-corrected chi connectivity index (χ2v) is 6.68. The molecule has 0 bridgehead atoms. The van der Waals surface area contributed by atoms with Crippen LogP contribution in [-0.2, 0) is 0 Å². The monoisotopic (exact) mass is 388 g/mol. The summed E-state index contributed by atoms with van der Waals surface area (Å²) in [6, 6.07) is 27.9. The second kappa shape index (κ2) is 8.91. The van der Waals surface area contributed by atoms with Crippen LogP contribution in [0.2, 0.25) is 0 Å². The normalized spacial score (nSPS) is 9.80. The van der Waals surface area contributed by atoms with Crippen molar-refractivity contribution in [3.63, 3.8) is 0 Å². The van der Waals surface area contributed by atoms with Crippen LogP contribution in [0.15, 0.2) is 84.9 Å². The highest BCUT2D eigenvalue weighted by Crippen LogP contribution is 2.31. The van der Waals surface area contributed by atoms with Gasteiger partial charge in [0.25, 0.3) is 0 Å². The van der Waals surface area contributed by atoms with Gasteiger partial charge < -0.3 is 9.47 Å². The Labute approximate surface area is 177 Å². The van der Waals surface area contributed by atoms with Crippen LogP contribution in [-0.4, -0.2) is 14.2 Å². The average molecular weight is 388 g/mol. The fraction of sp³-hybridized carbons (Fsp3) is 0.0714. The lowest BCUT2D eigenvalue weighted by Crippen LogP contribution is -1.92. The Bertz CT molecular complexity index is 1200. The molecular weight excluding hydrogens is 368 g/mol. The first kappa shape index (κ1) is 19.2. The summed E-state index contributed by atoms with van der Waals surface area (Å²) in [5.41, 5.74) is 3.59. The molecule has 0 spiro atoms. The van der Waals surface area contributed by atoms with Gasteiger partial charge in [-0.3, -0.25) is 0 Å². The van der Waals surface area contributed by atoms with Gasteiger partial charge in [0, 0.05) is 11.1 Å². The van der Waals surface area contributed by atoms with Gasteiger partial charge in [-0.25, -0.2) is 0 Å². The molecular formula is C28H20O2. The second-order valence-electron chi connectivity index (χ2n) is 6.68. The van der Waals surface area contributed by atoms with Gasteiger partial charge in [0.2, 0.25) is 0 Å². The Morgan fingerprint density at radius 3 is 1.30 bits per heavy atom. The highest BCUT2D eigenvalue weighted by atomic mass is 16.5. The Morgan fingerprint density at radius 2 is 0.900 bits per heavy atom. The standard InChI is InChI=1S/C28H20O2/c1-29-27-19-26-20-28(30-2)24(16-14-22-11-7-4-8-12-22)18-25(26)17-23(27)15-13-21-9-5-3-6-10-21/h3-12,17-20H,1-2H3. The fourth-order valence-corrected chi connectivity index (χ4v) is 3.16. The molecule has 0 heterocycles. The summed E-state index contributed by atoms with van der Waals surface area (Å²) < 4.78 is 11.2. The van der Waals surface area contributed by atoms with Crippen molar-refractivity contribution in [3.05, 3.63) is 107 Å². The zero-order valence-electron chi connectivity index (χ0n) is 16.9. The lowest BCUT2D eigenvalue weighted by Gasteiger charge is -2.09. The molecule has 0 aromatic heterocycles. The summed E-state index contributed by atoms with van der Waals surface area (Å²) in [6.45, 7) is 0. The molecule has 4 aromatic rings. The zero-order valence-corrected chi connectivity index (χ0v) is 16.9. The van der Waals surface area contributed by atoms with Gasteiger partial charge in [0.05, 0.1) is 25.3 Å². The lowest BCUT2D eigenvalue weighted by molar-refractivity contribution is 0.412. The van der Waals surface area contributed by atoms with E-state index in [1.807, 2.05) is 84.9 Å². The molecule has 0 amide bonds. The molecule has 4 rings (SSSR count). The summed E-state index contributed by atoms with van der Waals surface area (Å²) >= 11 is 0. The third-order valence-corrected chi connectivity index (χ3v) is 4.71. The maximum absolute atomic E-state index is 5.58. The van der Waals surface area contributed by atoms with Crippen LogP contribution in [0.5, 0.6) is 11.5 Å². The molecule has 30 heavy (non-hydrogen) atoms. The molecule has 0 aliphatic carbocycles. The largest absolute Gasteiger partial charge is 0.495 e. The molecule has 0 fully saturated rings. The molecule has 0 unspecified atom stereocenters. The van der Waals surface area contributed by atoms with Gasteiger partial charge >= 0.3 is 0 Å². The van der Waals surface area contributed by atoms with E-state index in [4.69, 9.17) is 9.47 Å². The molecule has 144 valence electrons. The number of rotatable bonds is 2. The predicted octanol–water partition coefficient (Wildman–Crippen LogP) is 5.66. The van der Waals surface area contributed by atoms with Crippen molar-refractivity contribution >= 4 is 10.8 Å². The van der Waals surface area contributed by atoms with Crippen molar-refractivity contribution in [1.82, 2.24) is 0 Å². The summed E-state index contributed by atoms with van der Waals surface area (Å²) in [5, 5.41) is 2.05. The summed E-state index contributed by atoms with van der Waals surface area (Å²) in [7, 11) is 3.32. The van der Waals surface area contributed by atoms with Crippen molar-refractivity contribution < 1.29 is 9.47 Å². The highest BCUT2D eigenvalue weighted by Gasteiger charge is 2.08. The van der Waals surface area contributed by atoms with E-state index < -0.39 is 0 Å². The Balaban J connectivity index is 1.80. The van der Waals surface area contributed by atoms with Gasteiger partial charge in [0.1, 0.15) is 11.5 Å². The SMILES string of the molecule is COc1cc2cc(OC)c(C#Cc3ccccc3)cc2cc1C#Cc1ccccc1.